The number of hydrogen-bond donors (Lipinski definition) is 1. The van der Waals surface area contributed by atoms with Crippen LogP contribution in [0.25, 0.3) is 10.9 Å². The Morgan fingerprint density at radius 1 is 1.19 bits per heavy atom. The first kappa shape index (κ1) is 22.2. The number of carbonyl (C=O) groups excluding carboxylic acids is 1. The van der Waals surface area contributed by atoms with Crippen LogP contribution in [0.2, 0.25) is 0 Å². The van der Waals surface area contributed by atoms with Gasteiger partial charge in [-0.3, -0.25) is 9.48 Å². The molecule has 0 spiro atoms. The van der Waals surface area contributed by atoms with Gasteiger partial charge in [-0.2, -0.15) is 18.3 Å². The molecule has 10 heteroatoms. The second kappa shape index (κ2) is 8.14. The van der Waals surface area contributed by atoms with Gasteiger partial charge in [0.15, 0.2) is 0 Å². The van der Waals surface area contributed by atoms with Crippen LogP contribution in [0.5, 0.6) is 0 Å². The Labute approximate surface area is 180 Å². The molecule has 5 nitrogen and oxygen atoms in total. The number of anilines is 1. The number of nitrogens with one attached hydrogen (secondary N) is 1. The lowest BCUT2D eigenvalue weighted by Crippen LogP contribution is -2.30. The van der Waals surface area contributed by atoms with Crippen LogP contribution in [0.15, 0.2) is 36.5 Å². The van der Waals surface area contributed by atoms with E-state index in [1.54, 1.807) is 10.9 Å². The molecule has 2 heterocycles. The predicted octanol–water partition coefficient (Wildman–Crippen LogP) is 6.25. The van der Waals surface area contributed by atoms with Gasteiger partial charge in [0.2, 0.25) is 0 Å². The Morgan fingerprint density at radius 3 is 2.53 bits per heavy atom. The van der Waals surface area contributed by atoms with Crippen molar-refractivity contribution in [2.24, 2.45) is 11.8 Å². The molecule has 1 fully saturated rings. The zero-order valence-corrected chi connectivity index (χ0v) is 17.3. The van der Waals surface area contributed by atoms with Crippen molar-refractivity contribution in [2.75, 3.05) is 5.32 Å². The molecule has 0 radical (unpaired) electrons. The fourth-order valence-electron chi connectivity index (χ4n) is 3.88. The summed E-state index contributed by atoms with van der Waals surface area (Å²) in [7, 11) is 0. The largest absolute Gasteiger partial charge is 0.433 e. The summed E-state index contributed by atoms with van der Waals surface area (Å²) >= 11 is 0. The molecule has 32 heavy (non-hydrogen) atoms. The first-order chi connectivity index (χ1) is 15.0. The number of nitrogens with zero attached hydrogens (tertiary/aromatic N) is 3. The highest BCUT2D eigenvalue weighted by Crippen LogP contribution is 2.42. The number of fused-ring (bicyclic) bond motifs is 1. The summed E-state index contributed by atoms with van der Waals surface area (Å²) in [6.45, 7) is 4.31. The van der Waals surface area contributed by atoms with E-state index in [2.05, 4.69) is 29.2 Å². The van der Waals surface area contributed by atoms with Crippen molar-refractivity contribution >= 4 is 22.5 Å². The first-order valence-corrected chi connectivity index (χ1v) is 10.2. The molecule has 1 amide bonds. The van der Waals surface area contributed by atoms with Crippen molar-refractivity contribution < 1.29 is 26.7 Å². The van der Waals surface area contributed by atoms with Gasteiger partial charge in [-0.25, -0.2) is 13.8 Å². The Morgan fingerprint density at radius 2 is 1.91 bits per heavy atom. The Balaban J connectivity index is 1.62. The smallest absolute Gasteiger partial charge is 0.320 e. The van der Waals surface area contributed by atoms with Gasteiger partial charge in [-0.05, 0) is 48.9 Å². The number of pyridine rings is 1. The van der Waals surface area contributed by atoms with Crippen LogP contribution in [0, 0.1) is 11.8 Å². The normalized spacial score (nSPS) is 18.9. The monoisotopic (exact) mass is 452 g/mol. The molecule has 1 aliphatic rings. The lowest BCUT2D eigenvalue weighted by atomic mass is 9.74. The molecule has 0 aliphatic heterocycles. The first-order valence-electron chi connectivity index (χ1n) is 10.2. The minimum atomic E-state index is -4.73. The topological polar surface area (TPSA) is 59.8 Å². The Kier molecular flexibility index (Phi) is 5.64. The molecule has 170 valence electrons. The Hall–Kier alpha value is -3.04. The van der Waals surface area contributed by atoms with Gasteiger partial charge in [0.1, 0.15) is 11.4 Å². The molecule has 1 saturated carbocycles. The number of alkyl halides is 5. The zero-order valence-electron chi connectivity index (χ0n) is 17.3. The number of halogens is 5. The number of hydrogen-bond acceptors (Lipinski definition) is 3. The van der Waals surface area contributed by atoms with E-state index in [4.69, 9.17) is 0 Å². The number of benzene rings is 1. The quantitative estimate of drug-likeness (QED) is 0.466. The average molecular weight is 452 g/mol. The fourth-order valence-corrected chi connectivity index (χ4v) is 3.88. The zero-order chi connectivity index (χ0) is 23.2. The summed E-state index contributed by atoms with van der Waals surface area (Å²) in [6.07, 6.45) is -3.99. The summed E-state index contributed by atoms with van der Waals surface area (Å²) < 4.78 is 67.7. The molecule has 2 aromatic heterocycles. The Bertz CT molecular complexity index is 1150. The molecule has 0 atom stereocenters. The highest BCUT2D eigenvalue weighted by molar-refractivity contribution is 6.04. The van der Waals surface area contributed by atoms with Crippen LogP contribution in [0.4, 0.5) is 27.6 Å². The van der Waals surface area contributed by atoms with Crippen LogP contribution in [0.3, 0.4) is 0 Å². The summed E-state index contributed by atoms with van der Waals surface area (Å²) in [4.78, 5) is 15.8. The SMILES string of the molecule is CC(C)[C@H]1C[C@H](n2cc3cc(NC(=O)c4cccc(C(F)(F)F)n4)c(C(F)F)cc3n2)C1. The fraction of sp³-hybridized carbons (Fsp3) is 0.409. The lowest BCUT2D eigenvalue weighted by Gasteiger charge is -2.38. The van der Waals surface area contributed by atoms with E-state index in [1.165, 1.54) is 12.1 Å². The van der Waals surface area contributed by atoms with Crippen LogP contribution in [-0.2, 0) is 6.18 Å². The maximum atomic E-state index is 13.7. The van der Waals surface area contributed by atoms with Crippen molar-refractivity contribution in [3.05, 3.63) is 53.5 Å². The van der Waals surface area contributed by atoms with Crippen molar-refractivity contribution in [1.82, 2.24) is 14.8 Å². The van der Waals surface area contributed by atoms with E-state index in [-0.39, 0.29) is 11.7 Å². The van der Waals surface area contributed by atoms with Crippen LogP contribution in [0.1, 0.15) is 60.9 Å². The summed E-state index contributed by atoms with van der Waals surface area (Å²) in [5.41, 5.74) is -2.05. The van der Waals surface area contributed by atoms with Gasteiger partial charge in [-0.15, -0.1) is 0 Å². The highest BCUT2D eigenvalue weighted by atomic mass is 19.4. The summed E-state index contributed by atoms with van der Waals surface area (Å²) in [5.74, 6) is 0.148. The van der Waals surface area contributed by atoms with Crippen molar-refractivity contribution in [1.29, 1.82) is 0 Å². The predicted molar refractivity (Wildman–Crippen MR) is 108 cm³/mol. The molecular weight excluding hydrogens is 431 g/mol. The third kappa shape index (κ3) is 4.31. The van der Waals surface area contributed by atoms with E-state index in [1.807, 2.05) is 0 Å². The van der Waals surface area contributed by atoms with Crippen molar-refractivity contribution in [3.63, 3.8) is 0 Å². The number of amides is 1. The van der Waals surface area contributed by atoms with Gasteiger partial charge in [0, 0.05) is 17.1 Å². The van der Waals surface area contributed by atoms with Crippen LogP contribution in [-0.4, -0.2) is 20.7 Å². The molecule has 1 aromatic carbocycles. The molecule has 0 saturated heterocycles. The standard InChI is InChI=1S/C22H21F5N4O/c1-11(2)12-6-14(7-12)31-10-13-8-18(15(20(23)24)9-17(13)30-31)29-21(32)16-4-3-5-19(28-16)22(25,26)27/h3-5,8-12,14,20H,6-7H2,1-2H3,(H,29,32)/t12-,14-. The minimum Gasteiger partial charge on any atom is -0.320 e. The molecular formula is C22H21F5N4O. The second-order valence-corrected chi connectivity index (χ2v) is 8.40. The molecule has 4 rings (SSSR count). The van der Waals surface area contributed by atoms with Crippen molar-refractivity contribution in [3.8, 4) is 0 Å². The second-order valence-electron chi connectivity index (χ2n) is 8.40. The van der Waals surface area contributed by atoms with Gasteiger partial charge >= 0.3 is 6.18 Å². The third-order valence-corrected chi connectivity index (χ3v) is 5.92. The van der Waals surface area contributed by atoms with Gasteiger partial charge in [0.25, 0.3) is 12.3 Å². The minimum absolute atomic E-state index is 0.190. The maximum absolute atomic E-state index is 13.7. The third-order valence-electron chi connectivity index (χ3n) is 5.92. The van der Waals surface area contributed by atoms with Gasteiger partial charge in [0.05, 0.1) is 17.2 Å². The summed E-state index contributed by atoms with van der Waals surface area (Å²) in [5, 5.41) is 7.25. The van der Waals surface area contributed by atoms with Gasteiger partial charge in [-0.1, -0.05) is 19.9 Å². The molecule has 0 unspecified atom stereocenters. The average Bonchev–Trinajstić information content (AvgIpc) is 3.07. The lowest BCUT2D eigenvalue weighted by molar-refractivity contribution is -0.141. The van der Waals surface area contributed by atoms with E-state index >= 15 is 0 Å². The van der Waals surface area contributed by atoms with Crippen LogP contribution < -0.4 is 5.32 Å². The van der Waals surface area contributed by atoms with E-state index in [9.17, 15) is 26.7 Å². The molecule has 1 aliphatic carbocycles. The number of carbonyl (C=O) groups is 1. The number of rotatable bonds is 5. The summed E-state index contributed by atoms with van der Waals surface area (Å²) in [6, 6.07) is 5.61. The van der Waals surface area contributed by atoms with Crippen molar-refractivity contribution in [2.45, 2.75) is 45.3 Å². The highest BCUT2D eigenvalue weighted by Gasteiger charge is 2.34. The molecule has 1 N–H and O–H groups in total. The number of aromatic nitrogens is 3. The van der Waals surface area contributed by atoms with E-state index in [0.29, 0.717) is 22.7 Å². The maximum Gasteiger partial charge on any atom is 0.433 e. The molecule has 0 bridgehead atoms. The molecule has 3 aromatic rings. The van der Waals surface area contributed by atoms with Crippen LogP contribution >= 0.6 is 0 Å². The van der Waals surface area contributed by atoms with E-state index < -0.39 is 35.5 Å². The van der Waals surface area contributed by atoms with E-state index in [0.717, 1.165) is 31.0 Å². The van der Waals surface area contributed by atoms with Gasteiger partial charge < -0.3 is 5.32 Å².